The van der Waals surface area contributed by atoms with Gasteiger partial charge in [-0.3, -0.25) is 14.6 Å². The number of phenolic OH excluding ortho intramolecular Hbond substituents is 1. The maximum absolute atomic E-state index is 15.3. The van der Waals surface area contributed by atoms with Crippen molar-refractivity contribution in [3.05, 3.63) is 70.8 Å². The minimum Gasteiger partial charge on any atom is -0.504 e. The van der Waals surface area contributed by atoms with E-state index in [1.165, 1.54) is 38.2 Å². The third-order valence-corrected chi connectivity index (χ3v) is 27.0. The summed E-state index contributed by atoms with van der Waals surface area (Å²) < 4.78 is 13.8. The number of nitrogens with two attached hydrogens (primary N) is 1. The molecule has 16 bridgehead atoms. The molecule has 18 rings (SSSR count). The number of aliphatic imine (C=N–C) groups is 1. The lowest BCUT2D eigenvalue weighted by molar-refractivity contribution is -0.171. The van der Waals surface area contributed by atoms with Gasteiger partial charge in [0.15, 0.2) is 17.5 Å². The Bertz CT molecular complexity index is 2760. The van der Waals surface area contributed by atoms with Gasteiger partial charge in [0.2, 0.25) is 5.91 Å². The monoisotopic (exact) mass is 1050 g/mol. The van der Waals surface area contributed by atoms with Gasteiger partial charge < -0.3 is 35.6 Å². The average Bonchev–Trinajstić information content (AvgIpc) is 4.25. The van der Waals surface area contributed by atoms with Crippen LogP contribution in [0.15, 0.2) is 53.5 Å². The quantitative estimate of drug-likeness (QED) is 0.0992. The summed E-state index contributed by atoms with van der Waals surface area (Å²) in [6, 6.07) is 13.0. The highest BCUT2D eigenvalue weighted by atomic mass is 33.1. The molecule has 7 saturated carbocycles. The van der Waals surface area contributed by atoms with Crippen LogP contribution >= 0.6 is 21.6 Å². The van der Waals surface area contributed by atoms with Crippen molar-refractivity contribution in [2.75, 3.05) is 13.1 Å². The molecule has 16 unspecified atom stereocenters. The molecule has 2 aromatic rings. The Labute approximate surface area is 453 Å². The minimum atomic E-state index is -0.804. The molecule has 0 radical (unpaired) electrons. The van der Waals surface area contributed by atoms with Crippen LogP contribution in [0.5, 0.6) is 11.5 Å². The zero-order chi connectivity index (χ0) is 51.0. The molecule has 2 aromatic carbocycles. The number of aliphatic hydroxyl groups excluding tert-OH is 1. The number of benzene rings is 2. The van der Waals surface area contributed by atoms with Gasteiger partial charge >= 0.3 is 5.97 Å². The van der Waals surface area contributed by atoms with E-state index in [2.05, 4.69) is 87.3 Å². The Hall–Kier alpha value is -3.79. The number of nitrogens with zero attached hydrogens (tertiary/aromatic N) is 2. The fourth-order valence-corrected chi connectivity index (χ4v) is 23.8. The van der Waals surface area contributed by atoms with Crippen molar-refractivity contribution in [2.45, 2.75) is 207 Å². The molecule has 8 fully saturated rings. The van der Waals surface area contributed by atoms with Crippen LogP contribution in [0.2, 0.25) is 0 Å². The van der Waals surface area contributed by atoms with E-state index in [4.69, 9.17) is 20.2 Å². The number of hydrogen-bond donors (Lipinski definition) is 4. The summed E-state index contributed by atoms with van der Waals surface area (Å²) in [5.41, 5.74) is 9.37. The number of aryl methyl sites for hydroxylation is 1. The Morgan fingerprint density at radius 3 is 2.69 bits per heavy atom. The van der Waals surface area contributed by atoms with Crippen molar-refractivity contribution in [1.29, 1.82) is 0 Å². The predicted octanol–water partition coefficient (Wildman–Crippen LogP) is 11.6. The number of rotatable bonds is 2. The number of ether oxygens (including phenoxy) is 2. The highest BCUT2D eigenvalue weighted by Gasteiger charge is 2.65. The third kappa shape index (κ3) is 7.91. The molecule has 400 valence electrons. The van der Waals surface area contributed by atoms with Gasteiger partial charge in [-0.2, -0.15) is 0 Å². The van der Waals surface area contributed by atoms with E-state index in [0.717, 1.165) is 114 Å². The number of amides is 1. The van der Waals surface area contributed by atoms with Crippen LogP contribution in [0, 0.1) is 63.6 Å². The summed E-state index contributed by atoms with van der Waals surface area (Å²) in [4.78, 5) is 35.7. The Morgan fingerprint density at radius 1 is 0.933 bits per heavy atom. The van der Waals surface area contributed by atoms with Gasteiger partial charge in [-0.25, -0.2) is 0 Å². The van der Waals surface area contributed by atoms with E-state index >= 15 is 4.79 Å². The van der Waals surface area contributed by atoms with Gasteiger partial charge in [-0.05, 0) is 199 Å². The molecular weight excluding hydrogens is 973 g/mol. The number of fused-ring (bicyclic) bond motifs is 3. The molecule has 8 aliphatic carbocycles. The fraction of sp³-hybridized carbons (Fsp3) is 0.698. The second-order valence-electron chi connectivity index (χ2n) is 26.8. The summed E-state index contributed by atoms with van der Waals surface area (Å²) in [6.45, 7) is 2.70. The standard InChI is InChI=1S/C63H80N4O6S2/c1-39(68)72-60-27-17-44-31-46(55(71)56-54(44)45-18-29-62(73-56)23-6-11-47(62)32-45)36-67-38-61(35-53(67)70)50(41-9-3-2-4-10-41)20-26-59(61)21-5-8-40-16-25-58(33-40)22-7-24-63(58,66-57(64)65-37-59)75-74-52-15-13-42-30-43(52)12-14-48(42)49(19-28-60)51(69)34-60/h2-4,9-10,13,15,31,40,42-43,45,47-52,69,71H,6-8,11-12,14,16-20,22-30,32-38H2,1H3,(H3,64,65,66). The zero-order valence-electron chi connectivity index (χ0n) is 44.3. The van der Waals surface area contributed by atoms with Crippen molar-refractivity contribution in [3.8, 4) is 23.3 Å². The molecule has 8 aliphatic heterocycles. The number of esters is 1. The van der Waals surface area contributed by atoms with E-state index in [1.54, 1.807) is 0 Å². The smallest absolute Gasteiger partial charge is 0.303 e. The maximum atomic E-state index is 15.3. The predicted molar refractivity (Wildman–Crippen MR) is 296 cm³/mol. The van der Waals surface area contributed by atoms with Crippen LogP contribution in [-0.2, 0) is 27.3 Å². The highest BCUT2D eigenvalue weighted by molar-refractivity contribution is 8.77. The summed E-state index contributed by atoms with van der Waals surface area (Å²) in [5.74, 6) is 11.9. The molecule has 12 heteroatoms. The van der Waals surface area contributed by atoms with Gasteiger partial charge in [0.1, 0.15) is 16.1 Å². The molecule has 5 spiro atoms. The SMILES string of the molecule is CC(=O)OC12CCc3cc(c(O)c4c3C3CCC5(CCCC5C3)O4)CN3CC4(CC3=O)C(c3ccccc3)CCC43C#CCC4CCC5(CCCC5(NC(N)=NC3)SSC3C=CC5CC3CCC5C(CC1)C(O)C2)C4. The number of phenols is 1. The van der Waals surface area contributed by atoms with E-state index in [9.17, 15) is 15.0 Å². The van der Waals surface area contributed by atoms with E-state index < -0.39 is 22.5 Å². The van der Waals surface area contributed by atoms with Crippen molar-refractivity contribution in [2.24, 2.45) is 62.5 Å². The molecule has 16 aliphatic rings. The van der Waals surface area contributed by atoms with Gasteiger partial charge in [0.25, 0.3) is 0 Å². The molecule has 5 N–H and O–H groups in total. The first-order chi connectivity index (χ1) is 36.3. The van der Waals surface area contributed by atoms with Crippen molar-refractivity contribution >= 4 is 39.4 Å². The number of hydrogen-bond acceptors (Lipinski definition) is 11. The Kier molecular flexibility index (Phi) is 12.1. The van der Waals surface area contributed by atoms with Crippen LogP contribution in [0.3, 0.4) is 0 Å². The summed E-state index contributed by atoms with van der Waals surface area (Å²) in [6.07, 6.45) is 27.2. The maximum Gasteiger partial charge on any atom is 0.303 e. The second-order valence-corrected chi connectivity index (χ2v) is 29.4. The summed E-state index contributed by atoms with van der Waals surface area (Å²) in [5, 5.41) is 29.7. The number of aromatic hydroxyl groups is 1. The number of allylic oxidation sites excluding steroid dienone is 1. The lowest BCUT2D eigenvalue weighted by atomic mass is 9.60. The molecule has 0 aromatic heterocycles. The lowest BCUT2D eigenvalue weighted by Gasteiger charge is -2.50. The lowest BCUT2D eigenvalue weighted by Crippen LogP contribution is -2.56. The second kappa shape index (κ2) is 18.4. The number of guanidine groups is 1. The normalized spacial score (nSPS) is 44.4. The van der Waals surface area contributed by atoms with Crippen LogP contribution in [0.1, 0.15) is 189 Å². The number of carbonyl (C=O) groups is 2. The zero-order valence-corrected chi connectivity index (χ0v) is 45.9. The van der Waals surface area contributed by atoms with Crippen LogP contribution < -0.4 is 15.8 Å². The van der Waals surface area contributed by atoms with E-state index in [1.807, 2.05) is 4.90 Å². The van der Waals surface area contributed by atoms with Gasteiger partial charge in [0, 0.05) is 66.5 Å². The topological polar surface area (TPSA) is 147 Å². The molecule has 8 heterocycles. The molecule has 1 amide bonds. The Balaban J connectivity index is 0.900. The molecule has 75 heavy (non-hydrogen) atoms. The van der Waals surface area contributed by atoms with Crippen LogP contribution in [0.4, 0.5) is 0 Å². The average molecular weight is 1050 g/mol. The Morgan fingerprint density at radius 2 is 1.83 bits per heavy atom. The first kappa shape index (κ1) is 49.5. The highest BCUT2D eigenvalue weighted by Crippen LogP contribution is 2.68. The van der Waals surface area contributed by atoms with Gasteiger partial charge in [0.05, 0.1) is 18.1 Å². The third-order valence-electron chi connectivity index (χ3n) is 23.3. The minimum absolute atomic E-state index is 0.0769. The van der Waals surface area contributed by atoms with Crippen LogP contribution in [0.25, 0.3) is 0 Å². The summed E-state index contributed by atoms with van der Waals surface area (Å²) >= 11 is 0. The van der Waals surface area contributed by atoms with Gasteiger partial charge in [-0.1, -0.05) is 70.0 Å². The first-order valence-corrected chi connectivity index (χ1v) is 31.9. The van der Waals surface area contributed by atoms with E-state index in [0.29, 0.717) is 90.9 Å². The van der Waals surface area contributed by atoms with Gasteiger partial charge in [-0.15, -0.1) is 5.92 Å². The number of carbonyl (C=O) groups excluding carboxylic acids is 2. The largest absolute Gasteiger partial charge is 0.504 e. The van der Waals surface area contributed by atoms with Crippen molar-refractivity contribution in [3.63, 3.8) is 0 Å². The number of nitrogens with one attached hydrogen (secondary N) is 1. The number of aliphatic hydroxyl groups is 1. The van der Waals surface area contributed by atoms with E-state index in [-0.39, 0.29) is 57.8 Å². The summed E-state index contributed by atoms with van der Waals surface area (Å²) in [7, 11) is 4.14. The van der Waals surface area contributed by atoms with Crippen LogP contribution in [-0.4, -0.2) is 73.5 Å². The fourth-order valence-electron chi connectivity index (χ4n) is 19.7. The van der Waals surface area contributed by atoms with Crippen molar-refractivity contribution in [1.82, 2.24) is 10.2 Å². The molecule has 16 atom stereocenters. The van der Waals surface area contributed by atoms with Crippen molar-refractivity contribution < 1.29 is 29.3 Å². The molecular formula is C63H80N4O6S2. The molecule has 10 nitrogen and oxygen atoms in total. The first-order valence-electron chi connectivity index (χ1n) is 29.7. The molecule has 1 saturated heterocycles.